The fourth-order valence-corrected chi connectivity index (χ4v) is 2.31. The number of halogens is 1. The van der Waals surface area contributed by atoms with Gasteiger partial charge in [0.2, 0.25) is 0 Å². The molecule has 0 fully saturated rings. The number of carbonyl (C=O) groups is 1. The standard InChI is InChI=1S/C9H5ClO2S.Ac/c10-9(12)7-4-13-8-2-1-5(11)3-6(7)8;/h1-4,11H;. The summed E-state index contributed by atoms with van der Waals surface area (Å²) in [6, 6.07) is 4.89. The third-order valence-electron chi connectivity index (χ3n) is 1.77. The quantitative estimate of drug-likeness (QED) is 0.694. The Labute approximate surface area is 125 Å². The number of carbonyl (C=O) groups excluding carboxylic acids is 1. The van der Waals surface area contributed by atoms with Gasteiger partial charge >= 0.3 is 0 Å². The molecule has 0 saturated heterocycles. The largest absolute Gasteiger partial charge is 0.508 e. The van der Waals surface area contributed by atoms with E-state index in [4.69, 9.17) is 11.6 Å². The van der Waals surface area contributed by atoms with Crippen LogP contribution in [0.25, 0.3) is 10.1 Å². The number of hydrogen-bond donors (Lipinski definition) is 1. The second-order valence-corrected chi connectivity index (χ2v) is 3.86. The van der Waals surface area contributed by atoms with Gasteiger partial charge in [-0.1, -0.05) is 0 Å². The molecule has 69 valence electrons. The molecular formula is C9H5AcClO2S. The number of fused-ring (bicyclic) bond motifs is 1. The van der Waals surface area contributed by atoms with Crippen LogP contribution in [-0.2, 0) is 0 Å². The molecule has 0 aliphatic carbocycles. The number of phenolic OH excluding ortho intramolecular Hbond substituents is 1. The van der Waals surface area contributed by atoms with Gasteiger partial charge in [0.25, 0.3) is 5.24 Å². The summed E-state index contributed by atoms with van der Waals surface area (Å²) in [6.45, 7) is 0. The second kappa shape index (κ2) is 4.94. The summed E-state index contributed by atoms with van der Waals surface area (Å²) in [7, 11) is 0. The molecule has 1 aromatic heterocycles. The van der Waals surface area contributed by atoms with Gasteiger partial charge in [0.1, 0.15) is 5.75 Å². The molecule has 0 saturated carbocycles. The number of thiophene rings is 1. The Bertz CT molecular complexity index is 481. The topological polar surface area (TPSA) is 37.3 Å². The Balaban J connectivity index is 0.000000980. The molecule has 14 heavy (non-hydrogen) atoms. The summed E-state index contributed by atoms with van der Waals surface area (Å²) < 4.78 is 0.946. The van der Waals surface area contributed by atoms with E-state index in [9.17, 15) is 9.90 Å². The molecule has 2 aromatic rings. The fourth-order valence-electron chi connectivity index (χ4n) is 1.17. The number of benzene rings is 1. The van der Waals surface area contributed by atoms with Crippen molar-refractivity contribution in [2.24, 2.45) is 0 Å². The Morgan fingerprint density at radius 3 is 2.79 bits per heavy atom. The van der Waals surface area contributed by atoms with Crippen molar-refractivity contribution in [2.75, 3.05) is 0 Å². The minimum absolute atomic E-state index is 0. The van der Waals surface area contributed by atoms with Gasteiger partial charge in [-0.05, 0) is 29.8 Å². The van der Waals surface area contributed by atoms with Crippen molar-refractivity contribution in [1.82, 2.24) is 0 Å². The molecule has 0 bridgehead atoms. The predicted molar refractivity (Wildman–Crippen MR) is 53.7 cm³/mol. The van der Waals surface area contributed by atoms with Gasteiger partial charge < -0.3 is 5.11 Å². The van der Waals surface area contributed by atoms with Crippen LogP contribution >= 0.6 is 22.9 Å². The number of rotatable bonds is 1. The van der Waals surface area contributed by atoms with Crippen LogP contribution in [0.2, 0.25) is 0 Å². The van der Waals surface area contributed by atoms with E-state index in [-0.39, 0.29) is 49.8 Å². The van der Waals surface area contributed by atoms with Gasteiger partial charge in [-0.2, -0.15) is 0 Å². The summed E-state index contributed by atoms with van der Waals surface area (Å²) >= 11 is 6.80. The molecule has 1 N–H and O–H groups in total. The third-order valence-corrected chi connectivity index (χ3v) is 2.94. The molecule has 0 aliphatic heterocycles. The minimum atomic E-state index is -0.489. The molecule has 0 unspecified atom stereocenters. The summed E-state index contributed by atoms with van der Waals surface area (Å²) in [5, 5.41) is 11.1. The second-order valence-electron chi connectivity index (χ2n) is 2.60. The predicted octanol–water partition coefficient (Wildman–Crippen LogP) is 2.99. The summed E-state index contributed by atoms with van der Waals surface area (Å²) in [5.41, 5.74) is 0.456. The van der Waals surface area contributed by atoms with Crippen LogP contribution in [0.4, 0.5) is 0 Å². The zero-order chi connectivity index (χ0) is 9.42. The fraction of sp³-hybridized carbons (Fsp3) is 0. The van der Waals surface area contributed by atoms with Crippen molar-refractivity contribution < 1.29 is 54.0 Å². The van der Waals surface area contributed by atoms with Crippen molar-refractivity contribution in [1.29, 1.82) is 0 Å². The van der Waals surface area contributed by atoms with E-state index in [2.05, 4.69) is 0 Å². The summed E-state index contributed by atoms with van der Waals surface area (Å²) in [5.74, 6) is 0.144. The Hall–Kier alpha value is 0.382. The molecule has 0 atom stereocenters. The van der Waals surface area contributed by atoms with E-state index in [0.29, 0.717) is 10.9 Å². The molecule has 1 heterocycles. The van der Waals surface area contributed by atoms with Crippen LogP contribution in [0.5, 0.6) is 5.75 Å². The normalized spacial score (nSPS) is 9.79. The Morgan fingerprint density at radius 2 is 2.14 bits per heavy atom. The third kappa shape index (κ3) is 2.30. The van der Waals surface area contributed by atoms with Gasteiger partial charge in [-0.3, -0.25) is 4.79 Å². The van der Waals surface area contributed by atoms with Crippen molar-refractivity contribution in [3.63, 3.8) is 0 Å². The molecule has 5 heteroatoms. The van der Waals surface area contributed by atoms with E-state index in [1.165, 1.54) is 11.3 Å². The molecule has 0 spiro atoms. The molecule has 0 aliphatic rings. The first-order valence-electron chi connectivity index (χ1n) is 3.58. The monoisotopic (exact) mass is 439 g/mol. The van der Waals surface area contributed by atoms with E-state index >= 15 is 0 Å². The van der Waals surface area contributed by atoms with Crippen molar-refractivity contribution in [2.45, 2.75) is 0 Å². The SMILES string of the molecule is O=C(Cl)c1csc2ccc(O)cc12.[Ac]. The van der Waals surface area contributed by atoms with E-state index in [0.717, 1.165) is 4.70 Å². The molecule has 2 nitrogen and oxygen atoms in total. The maximum atomic E-state index is 10.9. The van der Waals surface area contributed by atoms with Crippen LogP contribution in [0.15, 0.2) is 23.6 Å². The number of hydrogen-bond acceptors (Lipinski definition) is 3. The van der Waals surface area contributed by atoms with Crippen molar-refractivity contribution in [3.8, 4) is 5.75 Å². The maximum Gasteiger partial charge on any atom is 0.253 e. The van der Waals surface area contributed by atoms with Gasteiger partial charge in [0, 0.05) is 59.5 Å². The average molecular weight is 440 g/mol. The van der Waals surface area contributed by atoms with Crippen molar-refractivity contribution >= 4 is 38.3 Å². The van der Waals surface area contributed by atoms with Gasteiger partial charge in [0.15, 0.2) is 0 Å². The van der Waals surface area contributed by atoms with E-state index in [1.807, 2.05) is 0 Å². The average Bonchev–Trinajstić information content (AvgIpc) is 2.46. The molecule has 0 amide bonds. The summed E-state index contributed by atoms with van der Waals surface area (Å²) in [4.78, 5) is 10.9. The van der Waals surface area contributed by atoms with Crippen molar-refractivity contribution in [3.05, 3.63) is 29.1 Å². The minimum Gasteiger partial charge on any atom is -0.508 e. The molecule has 1 aromatic carbocycles. The Morgan fingerprint density at radius 1 is 1.43 bits per heavy atom. The Kier molecular flexibility index (Phi) is 4.39. The van der Waals surface area contributed by atoms with Crippen LogP contribution in [0.3, 0.4) is 0 Å². The number of phenols is 1. The zero-order valence-corrected chi connectivity index (χ0v) is 13.3. The van der Waals surface area contributed by atoms with E-state index < -0.39 is 5.24 Å². The van der Waals surface area contributed by atoms with Gasteiger partial charge in [0.05, 0.1) is 5.56 Å². The summed E-state index contributed by atoms with van der Waals surface area (Å²) in [6.07, 6.45) is 0. The maximum absolute atomic E-state index is 10.9. The first kappa shape index (κ1) is 12.5. The number of aromatic hydroxyl groups is 1. The van der Waals surface area contributed by atoms with Crippen LogP contribution < -0.4 is 0 Å². The smallest absolute Gasteiger partial charge is 0.253 e. The van der Waals surface area contributed by atoms with Gasteiger partial charge in [-0.25, -0.2) is 0 Å². The van der Waals surface area contributed by atoms with Crippen LogP contribution in [0.1, 0.15) is 10.4 Å². The van der Waals surface area contributed by atoms with Crippen LogP contribution in [-0.4, -0.2) is 10.3 Å². The first-order valence-corrected chi connectivity index (χ1v) is 4.84. The molecular weight excluding hydrogens is 435 g/mol. The van der Waals surface area contributed by atoms with Crippen LogP contribution in [0, 0.1) is 44.1 Å². The molecule has 1 radical (unpaired) electrons. The first-order chi connectivity index (χ1) is 6.18. The van der Waals surface area contributed by atoms with E-state index in [1.54, 1.807) is 23.6 Å². The molecule has 2 rings (SSSR count). The zero-order valence-electron chi connectivity index (χ0n) is 7.03. The van der Waals surface area contributed by atoms with Gasteiger partial charge in [-0.15, -0.1) is 11.3 Å².